The predicted octanol–water partition coefficient (Wildman–Crippen LogP) is 1.36. The van der Waals surface area contributed by atoms with Gasteiger partial charge in [0.05, 0.1) is 13.2 Å². The monoisotopic (exact) mass is 226 g/mol. The van der Waals surface area contributed by atoms with Crippen LogP contribution in [0.5, 0.6) is 0 Å². The van der Waals surface area contributed by atoms with Gasteiger partial charge in [0.15, 0.2) is 5.79 Å². The van der Waals surface area contributed by atoms with Crippen molar-refractivity contribution in [3.8, 4) is 0 Å². The van der Waals surface area contributed by atoms with E-state index in [0.717, 1.165) is 30.5 Å². The lowest BCUT2D eigenvalue weighted by molar-refractivity contribution is -0.164. The van der Waals surface area contributed by atoms with Crippen molar-refractivity contribution < 1.29 is 9.47 Å². The molecule has 0 bridgehead atoms. The second-order valence-electron chi connectivity index (χ2n) is 3.90. The van der Waals surface area contributed by atoms with E-state index in [4.69, 9.17) is 21.1 Å². The third kappa shape index (κ3) is 1.62. The molecule has 5 heteroatoms. The van der Waals surface area contributed by atoms with E-state index < -0.39 is 5.79 Å². The van der Waals surface area contributed by atoms with Crippen LogP contribution in [0.15, 0.2) is 6.20 Å². The van der Waals surface area contributed by atoms with Gasteiger partial charge >= 0.3 is 0 Å². The zero-order valence-corrected chi connectivity index (χ0v) is 8.96. The standard InChI is InChI=1S/C10H11ClN2O2/c11-9-12-6-7-5-10(14-3-4-15-10)2-1-8(7)13-9/h6H,1-5H2. The molecule has 2 heterocycles. The zero-order chi connectivity index (χ0) is 10.3. The summed E-state index contributed by atoms with van der Waals surface area (Å²) in [7, 11) is 0. The van der Waals surface area contributed by atoms with Gasteiger partial charge in [-0.3, -0.25) is 0 Å². The lowest BCUT2D eigenvalue weighted by Gasteiger charge is -2.31. The van der Waals surface area contributed by atoms with Gasteiger partial charge in [-0.15, -0.1) is 0 Å². The molecule has 4 nitrogen and oxygen atoms in total. The summed E-state index contributed by atoms with van der Waals surface area (Å²) in [6, 6.07) is 0. The smallest absolute Gasteiger partial charge is 0.222 e. The van der Waals surface area contributed by atoms with Crippen molar-refractivity contribution >= 4 is 11.6 Å². The quantitative estimate of drug-likeness (QED) is 0.627. The fourth-order valence-electron chi connectivity index (χ4n) is 2.21. The van der Waals surface area contributed by atoms with E-state index in [1.165, 1.54) is 0 Å². The van der Waals surface area contributed by atoms with Crippen LogP contribution in [0.1, 0.15) is 17.7 Å². The third-order valence-electron chi connectivity index (χ3n) is 2.94. The van der Waals surface area contributed by atoms with Crippen LogP contribution in [-0.2, 0) is 22.3 Å². The summed E-state index contributed by atoms with van der Waals surface area (Å²) >= 11 is 5.74. The van der Waals surface area contributed by atoms with Crippen molar-refractivity contribution in [2.24, 2.45) is 0 Å². The van der Waals surface area contributed by atoms with Crippen molar-refractivity contribution in [3.05, 3.63) is 22.7 Å². The van der Waals surface area contributed by atoms with Gasteiger partial charge in [0.2, 0.25) is 5.28 Å². The largest absolute Gasteiger partial charge is 0.347 e. The van der Waals surface area contributed by atoms with Gasteiger partial charge in [-0.2, -0.15) is 0 Å². The topological polar surface area (TPSA) is 44.2 Å². The van der Waals surface area contributed by atoms with Crippen LogP contribution in [0.2, 0.25) is 5.28 Å². The minimum Gasteiger partial charge on any atom is -0.347 e. The summed E-state index contributed by atoms with van der Waals surface area (Å²) in [5.41, 5.74) is 2.12. The maximum absolute atomic E-state index is 5.74. The summed E-state index contributed by atoms with van der Waals surface area (Å²) in [6.07, 6.45) is 4.21. The number of aryl methyl sites for hydroxylation is 1. The lowest BCUT2D eigenvalue weighted by Crippen LogP contribution is -2.37. The Morgan fingerprint density at radius 1 is 1.33 bits per heavy atom. The van der Waals surface area contributed by atoms with Crippen LogP contribution >= 0.6 is 11.6 Å². The number of hydrogen-bond acceptors (Lipinski definition) is 4. The number of halogens is 1. The second-order valence-corrected chi connectivity index (χ2v) is 4.23. The Morgan fingerprint density at radius 2 is 2.13 bits per heavy atom. The summed E-state index contributed by atoms with van der Waals surface area (Å²) in [6.45, 7) is 1.37. The maximum atomic E-state index is 5.74. The number of aromatic nitrogens is 2. The summed E-state index contributed by atoms with van der Waals surface area (Å²) < 4.78 is 11.3. The highest BCUT2D eigenvalue weighted by Crippen LogP contribution is 2.34. The summed E-state index contributed by atoms with van der Waals surface area (Å²) in [5, 5.41) is 0.318. The molecule has 1 aliphatic heterocycles. The van der Waals surface area contributed by atoms with Gasteiger partial charge in [-0.1, -0.05) is 0 Å². The molecular weight excluding hydrogens is 216 g/mol. The molecule has 0 atom stereocenters. The molecular formula is C10H11ClN2O2. The Kier molecular flexibility index (Phi) is 2.16. The zero-order valence-electron chi connectivity index (χ0n) is 8.20. The lowest BCUT2D eigenvalue weighted by atomic mass is 9.92. The van der Waals surface area contributed by atoms with Crippen molar-refractivity contribution in [3.63, 3.8) is 0 Å². The van der Waals surface area contributed by atoms with E-state index in [9.17, 15) is 0 Å². The fraction of sp³-hybridized carbons (Fsp3) is 0.600. The summed E-state index contributed by atoms with van der Waals surface area (Å²) in [5.74, 6) is -0.413. The molecule has 3 rings (SSSR count). The van der Waals surface area contributed by atoms with Crippen LogP contribution in [0.4, 0.5) is 0 Å². The Balaban J connectivity index is 1.93. The average Bonchev–Trinajstić information content (AvgIpc) is 2.67. The first-order chi connectivity index (χ1) is 7.27. The highest BCUT2D eigenvalue weighted by Gasteiger charge is 2.40. The minimum atomic E-state index is -0.413. The first-order valence-corrected chi connectivity index (χ1v) is 5.43. The van der Waals surface area contributed by atoms with Crippen molar-refractivity contribution in [1.29, 1.82) is 0 Å². The van der Waals surface area contributed by atoms with E-state index in [-0.39, 0.29) is 0 Å². The molecule has 1 aliphatic carbocycles. The molecule has 0 saturated carbocycles. The number of nitrogens with zero attached hydrogens (tertiary/aromatic N) is 2. The van der Waals surface area contributed by atoms with Gasteiger partial charge in [0.1, 0.15) is 0 Å². The van der Waals surface area contributed by atoms with Crippen LogP contribution < -0.4 is 0 Å². The predicted molar refractivity (Wildman–Crippen MR) is 53.7 cm³/mol. The minimum absolute atomic E-state index is 0.318. The number of hydrogen-bond donors (Lipinski definition) is 0. The van der Waals surface area contributed by atoms with Gasteiger partial charge in [0.25, 0.3) is 0 Å². The van der Waals surface area contributed by atoms with E-state index in [1.807, 2.05) is 0 Å². The van der Waals surface area contributed by atoms with Crippen LogP contribution in [-0.4, -0.2) is 29.0 Å². The van der Waals surface area contributed by atoms with E-state index in [0.29, 0.717) is 18.5 Å². The molecule has 1 fully saturated rings. The Morgan fingerprint density at radius 3 is 2.93 bits per heavy atom. The molecule has 1 saturated heterocycles. The molecule has 2 aliphatic rings. The number of fused-ring (bicyclic) bond motifs is 1. The van der Waals surface area contributed by atoms with Gasteiger partial charge < -0.3 is 9.47 Å². The van der Waals surface area contributed by atoms with E-state index in [2.05, 4.69) is 9.97 Å². The highest BCUT2D eigenvalue weighted by molar-refractivity contribution is 6.28. The number of rotatable bonds is 0. The van der Waals surface area contributed by atoms with Crippen molar-refractivity contribution in [2.45, 2.75) is 25.0 Å². The van der Waals surface area contributed by atoms with Gasteiger partial charge in [-0.05, 0) is 23.6 Å². The Labute approximate surface area is 92.6 Å². The Bertz CT molecular complexity index is 391. The second kappa shape index (κ2) is 3.40. The molecule has 0 aromatic carbocycles. The number of ether oxygens (including phenoxy) is 2. The molecule has 15 heavy (non-hydrogen) atoms. The van der Waals surface area contributed by atoms with Gasteiger partial charge in [0, 0.05) is 24.7 Å². The molecule has 0 N–H and O–H groups in total. The normalized spacial score (nSPS) is 23.0. The van der Waals surface area contributed by atoms with Crippen LogP contribution in [0.3, 0.4) is 0 Å². The summed E-state index contributed by atoms with van der Waals surface area (Å²) in [4.78, 5) is 8.20. The molecule has 80 valence electrons. The van der Waals surface area contributed by atoms with Crippen LogP contribution in [0.25, 0.3) is 0 Å². The van der Waals surface area contributed by atoms with Crippen LogP contribution in [0, 0.1) is 0 Å². The molecule has 0 unspecified atom stereocenters. The molecule has 0 amide bonds. The third-order valence-corrected chi connectivity index (χ3v) is 3.12. The highest BCUT2D eigenvalue weighted by atomic mass is 35.5. The first-order valence-electron chi connectivity index (χ1n) is 5.06. The molecule has 1 spiro atoms. The van der Waals surface area contributed by atoms with E-state index >= 15 is 0 Å². The average molecular weight is 227 g/mol. The SMILES string of the molecule is Clc1ncc2c(n1)CCC1(C2)OCCO1. The van der Waals surface area contributed by atoms with Crippen molar-refractivity contribution in [2.75, 3.05) is 13.2 Å². The molecule has 0 radical (unpaired) electrons. The molecule has 1 aromatic heterocycles. The van der Waals surface area contributed by atoms with E-state index in [1.54, 1.807) is 6.20 Å². The molecule has 1 aromatic rings. The van der Waals surface area contributed by atoms with Crippen molar-refractivity contribution in [1.82, 2.24) is 9.97 Å². The Hall–Kier alpha value is -0.710. The maximum Gasteiger partial charge on any atom is 0.222 e. The van der Waals surface area contributed by atoms with Gasteiger partial charge in [-0.25, -0.2) is 9.97 Å². The first kappa shape index (κ1) is 9.51. The fourth-order valence-corrected chi connectivity index (χ4v) is 2.36.